The fraction of sp³-hybridized carbons (Fsp3) is 0.158. The van der Waals surface area contributed by atoms with E-state index in [1.165, 1.54) is 23.1 Å². The third-order valence-electron chi connectivity index (χ3n) is 4.19. The summed E-state index contributed by atoms with van der Waals surface area (Å²) in [6.45, 7) is 0.0223. The Kier molecular flexibility index (Phi) is 6.39. The number of benzene rings is 2. The van der Waals surface area contributed by atoms with Crippen LogP contribution in [0.15, 0.2) is 59.6 Å². The molecule has 3 rings (SSSR count). The summed E-state index contributed by atoms with van der Waals surface area (Å²) in [5.41, 5.74) is 1.76. The average Bonchev–Trinajstić information content (AvgIpc) is 3.08. The maximum atomic E-state index is 12.6. The van der Waals surface area contributed by atoms with Gasteiger partial charge in [-0.1, -0.05) is 17.7 Å². The lowest BCUT2D eigenvalue weighted by atomic mass is 10.2. The summed E-state index contributed by atoms with van der Waals surface area (Å²) in [4.78, 5) is 12.2. The summed E-state index contributed by atoms with van der Waals surface area (Å²) < 4.78 is 63.6. The van der Waals surface area contributed by atoms with Gasteiger partial charge >= 0.3 is 6.18 Å². The molecule has 0 fully saturated rings. The van der Waals surface area contributed by atoms with E-state index < -0.39 is 28.7 Å². The first-order chi connectivity index (χ1) is 14.5. The molecular formula is C19H16ClF3N4O3S. The quantitative estimate of drug-likeness (QED) is 0.568. The second-order valence-corrected chi connectivity index (χ2v) is 8.66. The molecule has 3 aromatic rings. The van der Waals surface area contributed by atoms with Crippen molar-refractivity contribution in [1.82, 2.24) is 14.5 Å². The highest BCUT2D eigenvalue weighted by atomic mass is 35.5. The minimum atomic E-state index is -4.67. The van der Waals surface area contributed by atoms with Crippen LogP contribution < -0.4 is 10.0 Å². The summed E-state index contributed by atoms with van der Waals surface area (Å²) in [5, 5.41) is 7.30. The monoisotopic (exact) mass is 472 g/mol. The Labute approximate surface area is 180 Å². The Morgan fingerprint density at radius 1 is 1.16 bits per heavy atom. The molecule has 0 saturated heterocycles. The highest BCUT2D eigenvalue weighted by molar-refractivity contribution is 7.89. The van der Waals surface area contributed by atoms with Gasteiger partial charge < -0.3 is 5.32 Å². The van der Waals surface area contributed by atoms with Crippen LogP contribution in [-0.4, -0.2) is 36.8 Å². The molecule has 0 spiro atoms. The highest BCUT2D eigenvalue weighted by Gasteiger charge is 2.30. The van der Waals surface area contributed by atoms with Gasteiger partial charge in [-0.05, 0) is 49.4 Å². The second-order valence-electron chi connectivity index (χ2n) is 6.45. The molecular weight excluding hydrogens is 457 g/mol. The largest absolute Gasteiger partial charge is 0.402 e. The third-order valence-corrected chi connectivity index (χ3v) is 5.84. The van der Waals surface area contributed by atoms with Crippen LogP contribution >= 0.6 is 11.6 Å². The fourth-order valence-corrected chi connectivity index (χ4v) is 3.88. The van der Waals surface area contributed by atoms with Crippen LogP contribution in [0.2, 0.25) is 5.02 Å². The molecule has 0 aliphatic heterocycles. The van der Waals surface area contributed by atoms with Gasteiger partial charge in [0.05, 0.1) is 28.0 Å². The minimum Gasteiger partial charge on any atom is -0.322 e. The molecule has 2 N–H and O–H groups in total. The highest BCUT2D eigenvalue weighted by Crippen LogP contribution is 2.20. The van der Waals surface area contributed by atoms with Gasteiger partial charge in [0, 0.05) is 10.7 Å². The van der Waals surface area contributed by atoms with Crippen LogP contribution in [-0.2, 0) is 10.0 Å². The van der Waals surface area contributed by atoms with Crippen LogP contribution in [0, 0.1) is 6.92 Å². The van der Waals surface area contributed by atoms with Crippen molar-refractivity contribution in [3.8, 4) is 5.69 Å². The van der Waals surface area contributed by atoms with Crippen LogP contribution in [0.25, 0.3) is 5.69 Å². The van der Waals surface area contributed by atoms with Crippen molar-refractivity contribution in [3.63, 3.8) is 0 Å². The number of nitrogens with zero attached hydrogens (tertiary/aromatic N) is 2. The second kappa shape index (κ2) is 8.69. The van der Waals surface area contributed by atoms with Gasteiger partial charge in [0.15, 0.2) is 0 Å². The number of carbonyl (C=O) groups is 1. The minimum absolute atomic E-state index is 0.259. The number of nitrogens with one attached hydrogen (secondary N) is 2. The van der Waals surface area contributed by atoms with Crippen molar-refractivity contribution >= 4 is 33.2 Å². The number of carbonyl (C=O) groups excluding carboxylic acids is 1. The molecule has 1 aromatic heterocycles. The zero-order valence-electron chi connectivity index (χ0n) is 15.9. The first kappa shape index (κ1) is 22.8. The lowest BCUT2D eigenvalue weighted by Crippen LogP contribution is -2.33. The van der Waals surface area contributed by atoms with Crippen LogP contribution in [0.1, 0.15) is 16.1 Å². The molecule has 0 radical (unpaired) electrons. The van der Waals surface area contributed by atoms with Gasteiger partial charge in [0.2, 0.25) is 10.0 Å². The summed E-state index contributed by atoms with van der Waals surface area (Å²) in [6, 6.07) is 11.7. The predicted molar refractivity (Wildman–Crippen MR) is 109 cm³/mol. The number of amides is 1. The zero-order valence-corrected chi connectivity index (χ0v) is 17.5. The molecule has 0 bridgehead atoms. The van der Waals surface area contributed by atoms with Gasteiger partial charge in [0.1, 0.15) is 6.54 Å². The lowest BCUT2D eigenvalue weighted by molar-refractivity contribution is -0.121. The summed E-state index contributed by atoms with van der Waals surface area (Å²) in [5.74, 6) is -0.489. The Balaban J connectivity index is 1.73. The van der Waals surface area contributed by atoms with Crippen molar-refractivity contribution in [2.24, 2.45) is 0 Å². The van der Waals surface area contributed by atoms with Crippen LogP contribution in [0.4, 0.5) is 18.9 Å². The van der Waals surface area contributed by atoms with Crippen molar-refractivity contribution < 1.29 is 26.4 Å². The van der Waals surface area contributed by atoms with E-state index >= 15 is 0 Å². The van der Waals surface area contributed by atoms with E-state index in [0.717, 1.165) is 12.1 Å². The van der Waals surface area contributed by atoms with Crippen molar-refractivity contribution in [3.05, 3.63) is 71.0 Å². The average molecular weight is 473 g/mol. The van der Waals surface area contributed by atoms with Crippen molar-refractivity contribution in [2.75, 3.05) is 11.9 Å². The topological polar surface area (TPSA) is 93.1 Å². The van der Waals surface area contributed by atoms with E-state index in [4.69, 9.17) is 11.6 Å². The molecule has 7 nitrogen and oxygen atoms in total. The fourth-order valence-electron chi connectivity index (χ4n) is 2.68. The number of rotatable bonds is 6. The molecule has 0 aliphatic rings. The molecule has 0 saturated carbocycles. The number of anilines is 1. The number of sulfonamides is 1. The normalized spacial score (nSPS) is 12.0. The number of aromatic nitrogens is 2. The molecule has 31 heavy (non-hydrogen) atoms. The molecule has 0 aliphatic carbocycles. The van der Waals surface area contributed by atoms with E-state index in [9.17, 15) is 26.4 Å². The smallest absolute Gasteiger partial charge is 0.322 e. The van der Waals surface area contributed by atoms with Gasteiger partial charge in [-0.25, -0.2) is 17.8 Å². The molecule has 1 heterocycles. The first-order valence-corrected chi connectivity index (χ1v) is 10.6. The number of hydrogen-bond acceptors (Lipinski definition) is 4. The molecule has 2 aromatic carbocycles. The molecule has 164 valence electrons. The van der Waals surface area contributed by atoms with Crippen LogP contribution in [0.3, 0.4) is 0 Å². The maximum Gasteiger partial charge on any atom is 0.402 e. The number of hydrogen-bond donors (Lipinski definition) is 2. The summed E-state index contributed by atoms with van der Waals surface area (Å²) in [6.07, 6.45) is -3.29. The Morgan fingerprint density at radius 2 is 1.84 bits per heavy atom. The van der Waals surface area contributed by atoms with E-state index in [2.05, 4.69) is 10.4 Å². The zero-order chi connectivity index (χ0) is 22.8. The summed E-state index contributed by atoms with van der Waals surface area (Å²) in [7, 11) is -4.34. The van der Waals surface area contributed by atoms with E-state index in [0.29, 0.717) is 16.4 Å². The molecule has 12 heteroatoms. The third kappa shape index (κ3) is 5.63. The predicted octanol–water partition coefficient (Wildman–Crippen LogP) is 3.93. The van der Waals surface area contributed by atoms with E-state index in [1.807, 2.05) is 0 Å². The van der Waals surface area contributed by atoms with Gasteiger partial charge in [0.25, 0.3) is 5.91 Å². The molecule has 0 atom stereocenters. The number of alkyl halides is 3. The van der Waals surface area contributed by atoms with Crippen molar-refractivity contribution in [2.45, 2.75) is 18.0 Å². The van der Waals surface area contributed by atoms with Gasteiger partial charge in [-0.2, -0.15) is 18.3 Å². The maximum absolute atomic E-state index is 12.6. The van der Waals surface area contributed by atoms with E-state index in [1.54, 1.807) is 35.9 Å². The Hall–Kier alpha value is -2.89. The van der Waals surface area contributed by atoms with Crippen LogP contribution in [0.5, 0.6) is 0 Å². The van der Waals surface area contributed by atoms with Crippen molar-refractivity contribution in [1.29, 1.82) is 0 Å². The molecule has 1 amide bonds. The molecule has 0 unspecified atom stereocenters. The van der Waals surface area contributed by atoms with Gasteiger partial charge in [-0.15, -0.1) is 0 Å². The van der Waals surface area contributed by atoms with Gasteiger partial charge in [-0.3, -0.25) is 4.79 Å². The SMILES string of the molecule is Cc1c(C(=O)Nc2ccc(S(=O)(=O)NCC(F)(F)F)cc2)cnn1-c1cccc(Cl)c1. The Bertz CT molecular complexity index is 1210. The first-order valence-electron chi connectivity index (χ1n) is 8.75. The number of halogens is 4. The van der Waals surface area contributed by atoms with E-state index in [-0.39, 0.29) is 16.1 Å². The lowest BCUT2D eigenvalue weighted by Gasteiger charge is -2.10. The Morgan fingerprint density at radius 3 is 2.45 bits per heavy atom. The summed E-state index contributed by atoms with van der Waals surface area (Å²) >= 11 is 5.99. The standard InChI is InChI=1S/C19H16ClF3N4O3S/c1-12-17(10-24-27(12)15-4-2-3-13(20)9-15)18(28)26-14-5-7-16(8-6-14)31(29,30)25-11-19(21,22)23/h2-10,25H,11H2,1H3,(H,26,28).